The number of nitro groups is 1. The zero-order valence-electron chi connectivity index (χ0n) is 7.23. The number of rotatable bonds is 2. The summed E-state index contributed by atoms with van der Waals surface area (Å²) in [7, 11) is 0. The third-order valence-corrected chi connectivity index (χ3v) is 1.50. The van der Waals surface area contributed by atoms with Crippen molar-refractivity contribution in [2.45, 2.75) is 6.92 Å². The highest BCUT2D eigenvalue weighted by atomic mass is 16.6. The van der Waals surface area contributed by atoms with Gasteiger partial charge in [-0.25, -0.2) is 0 Å². The quantitative estimate of drug-likeness (QED) is 0.555. The molecule has 0 saturated carbocycles. The second kappa shape index (κ2) is 3.71. The standard InChI is InChI=1S/C9H10N2O2/c1-7(10)6-8-2-4-9(5-3-8)11(12)13/h2-6H,10H2,1H3. The van der Waals surface area contributed by atoms with Crippen molar-refractivity contribution in [2.24, 2.45) is 5.73 Å². The molecule has 0 amide bonds. The van der Waals surface area contributed by atoms with E-state index in [0.29, 0.717) is 5.70 Å². The van der Waals surface area contributed by atoms with Crippen molar-refractivity contribution in [2.75, 3.05) is 0 Å². The maximum Gasteiger partial charge on any atom is 0.269 e. The van der Waals surface area contributed by atoms with E-state index in [9.17, 15) is 10.1 Å². The van der Waals surface area contributed by atoms with Gasteiger partial charge in [-0.15, -0.1) is 0 Å². The van der Waals surface area contributed by atoms with Gasteiger partial charge in [-0.3, -0.25) is 10.1 Å². The van der Waals surface area contributed by atoms with Crippen LogP contribution in [0.5, 0.6) is 0 Å². The van der Waals surface area contributed by atoms with Crippen LogP contribution >= 0.6 is 0 Å². The predicted molar refractivity (Wildman–Crippen MR) is 50.9 cm³/mol. The van der Waals surface area contributed by atoms with E-state index in [1.807, 2.05) is 0 Å². The number of allylic oxidation sites excluding steroid dienone is 1. The van der Waals surface area contributed by atoms with Crippen LogP contribution in [0.15, 0.2) is 30.0 Å². The number of nitrogens with zero attached hydrogens (tertiary/aromatic N) is 1. The van der Waals surface area contributed by atoms with Crippen molar-refractivity contribution < 1.29 is 4.92 Å². The number of hydrogen-bond acceptors (Lipinski definition) is 3. The van der Waals surface area contributed by atoms with Crippen LogP contribution in [-0.4, -0.2) is 4.92 Å². The fourth-order valence-corrected chi connectivity index (χ4v) is 0.955. The second-order valence-corrected chi connectivity index (χ2v) is 2.74. The maximum absolute atomic E-state index is 10.3. The molecule has 0 spiro atoms. The van der Waals surface area contributed by atoms with Crippen LogP contribution in [0.1, 0.15) is 12.5 Å². The summed E-state index contributed by atoms with van der Waals surface area (Å²) in [6.45, 7) is 1.77. The van der Waals surface area contributed by atoms with Crippen LogP contribution in [0.2, 0.25) is 0 Å². The molecule has 0 aliphatic carbocycles. The summed E-state index contributed by atoms with van der Waals surface area (Å²) in [5, 5.41) is 10.3. The van der Waals surface area contributed by atoms with Crippen LogP contribution in [0.25, 0.3) is 6.08 Å². The maximum atomic E-state index is 10.3. The molecule has 0 aromatic heterocycles. The molecule has 1 aromatic carbocycles. The third-order valence-electron chi connectivity index (χ3n) is 1.50. The van der Waals surface area contributed by atoms with Crippen molar-refractivity contribution >= 4 is 11.8 Å². The summed E-state index contributed by atoms with van der Waals surface area (Å²) in [5.74, 6) is 0. The number of nitrogens with two attached hydrogens (primary N) is 1. The molecule has 0 fully saturated rings. The van der Waals surface area contributed by atoms with Gasteiger partial charge in [0.25, 0.3) is 5.69 Å². The number of nitro benzene ring substituents is 1. The molecule has 0 unspecified atom stereocenters. The summed E-state index contributed by atoms with van der Waals surface area (Å²) in [6.07, 6.45) is 1.75. The average molecular weight is 178 g/mol. The molecule has 4 nitrogen and oxygen atoms in total. The number of non-ortho nitro benzene ring substituents is 1. The Balaban J connectivity index is 2.94. The minimum Gasteiger partial charge on any atom is -0.402 e. The first-order valence-electron chi connectivity index (χ1n) is 3.78. The van der Waals surface area contributed by atoms with Crippen LogP contribution in [0.3, 0.4) is 0 Å². The molecule has 0 atom stereocenters. The van der Waals surface area contributed by atoms with Crippen LogP contribution in [-0.2, 0) is 0 Å². The largest absolute Gasteiger partial charge is 0.402 e. The van der Waals surface area contributed by atoms with E-state index in [0.717, 1.165) is 5.56 Å². The van der Waals surface area contributed by atoms with Crippen molar-refractivity contribution in [3.63, 3.8) is 0 Å². The van der Waals surface area contributed by atoms with Crippen molar-refractivity contribution in [1.82, 2.24) is 0 Å². The molecule has 0 radical (unpaired) electrons. The lowest BCUT2D eigenvalue weighted by molar-refractivity contribution is -0.384. The lowest BCUT2D eigenvalue weighted by Crippen LogP contribution is -1.90. The van der Waals surface area contributed by atoms with Gasteiger partial charge in [-0.05, 0) is 30.7 Å². The Morgan fingerprint density at radius 1 is 1.46 bits per heavy atom. The Kier molecular flexibility index (Phi) is 2.64. The van der Waals surface area contributed by atoms with Gasteiger partial charge in [0.2, 0.25) is 0 Å². The van der Waals surface area contributed by atoms with E-state index in [4.69, 9.17) is 5.73 Å². The van der Waals surface area contributed by atoms with Gasteiger partial charge in [0.05, 0.1) is 4.92 Å². The Morgan fingerprint density at radius 2 is 2.00 bits per heavy atom. The topological polar surface area (TPSA) is 69.2 Å². The van der Waals surface area contributed by atoms with E-state index in [1.54, 1.807) is 25.1 Å². The first-order valence-corrected chi connectivity index (χ1v) is 3.78. The Hall–Kier alpha value is -1.84. The smallest absolute Gasteiger partial charge is 0.269 e. The molecular formula is C9H10N2O2. The fraction of sp³-hybridized carbons (Fsp3) is 0.111. The molecule has 0 aliphatic rings. The minimum absolute atomic E-state index is 0.0897. The highest BCUT2D eigenvalue weighted by molar-refractivity contribution is 5.53. The van der Waals surface area contributed by atoms with E-state index in [2.05, 4.69) is 0 Å². The van der Waals surface area contributed by atoms with Gasteiger partial charge in [0, 0.05) is 17.8 Å². The van der Waals surface area contributed by atoms with Gasteiger partial charge in [-0.2, -0.15) is 0 Å². The van der Waals surface area contributed by atoms with E-state index in [-0.39, 0.29) is 5.69 Å². The molecule has 0 heterocycles. The zero-order valence-corrected chi connectivity index (χ0v) is 7.23. The molecule has 68 valence electrons. The Bertz CT molecular complexity index is 337. The summed E-state index contributed by atoms with van der Waals surface area (Å²) < 4.78 is 0. The number of benzene rings is 1. The van der Waals surface area contributed by atoms with Crippen LogP contribution in [0.4, 0.5) is 5.69 Å². The Morgan fingerprint density at radius 3 is 2.38 bits per heavy atom. The molecule has 0 bridgehead atoms. The van der Waals surface area contributed by atoms with Crippen molar-refractivity contribution in [3.8, 4) is 0 Å². The normalized spacial score (nSPS) is 11.3. The lowest BCUT2D eigenvalue weighted by Gasteiger charge is -1.94. The monoisotopic (exact) mass is 178 g/mol. The van der Waals surface area contributed by atoms with Gasteiger partial charge < -0.3 is 5.73 Å². The SMILES string of the molecule is CC(N)=Cc1ccc([N+](=O)[O-])cc1. The summed E-state index contributed by atoms with van der Waals surface area (Å²) in [4.78, 5) is 9.87. The predicted octanol–water partition coefficient (Wildman–Crippen LogP) is 1.91. The average Bonchev–Trinajstić information content (AvgIpc) is 2.04. The highest BCUT2D eigenvalue weighted by Gasteiger charge is 2.01. The van der Waals surface area contributed by atoms with E-state index in [1.165, 1.54) is 12.1 Å². The molecule has 13 heavy (non-hydrogen) atoms. The van der Waals surface area contributed by atoms with Crippen LogP contribution < -0.4 is 5.73 Å². The van der Waals surface area contributed by atoms with Gasteiger partial charge in [-0.1, -0.05) is 0 Å². The molecule has 2 N–H and O–H groups in total. The van der Waals surface area contributed by atoms with Crippen molar-refractivity contribution in [3.05, 3.63) is 45.6 Å². The molecular weight excluding hydrogens is 168 g/mol. The molecule has 4 heteroatoms. The third kappa shape index (κ3) is 2.59. The van der Waals surface area contributed by atoms with E-state index < -0.39 is 4.92 Å². The molecule has 1 aromatic rings. The fourth-order valence-electron chi connectivity index (χ4n) is 0.955. The molecule has 0 aliphatic heterocycles. The summed E-state index contributed by atoms with van der Waals surface area (Å²) in [6, 6.07) is 6.23. The Labute approximate surface area is 75.8 Å². The first kappa shape index (κ1) is 9.25. The zero-order chi connectivity index (χ0) is 9.84. The van der Waals surface area contributed by atoms with Gasteiger partial charge >= 0.3 is 0 Å². The van der Waals surface area contributed by atoms with Crippen molar-refractivity contribution in [1.29, 1.82) is 0 Å². The molecule has 1 rings (SSSR count). The first-order chi connectivity index (χ1) is 6.09. The number of hydrogen-bond donors (Lipinski definition) is 1. The minimum atomic E-state index is -0.428. The second-order valence-electron chi connectivity index (χ2n) is 2.74. The summed E-state index contributed by atoms with van der Waals surface area (Å²) >= 11 is 0. The van der Waals surface area contributed by atoms with E-state index >= 15 is 0 Å². The summed E-state index contributed by atoms with van der Waals surface area (Å²) in [5.41, 5.74) is 7.08. The van der Waals surface area contributed by atoms with Gasteiger partial charge in [0.15, 0.2) is 0 Å². The highest BCUT2D eigenvalue weighted by Crippen LogP contribution is 2.13. The van der Waals surface area contributed by atoms with Crippen LogP contribution in [0, 0.1) is 10.1 Å². The molecule has 0 saturated heterocycles. The van der Waals surface area contributed by atoms with Gasteiger partial charge in [0.1, 0.15) is 0 Å². The lowest BCUT2D eigenvalue weighted by atomic mass is 10.2.